The standard InChI is InChI=1S/C19H17ClN6O/c1-10-5-17(21-2)26-19(23-10)24-12-3-4-14(20)13(7-12)16-8-15-11(9-22-16)6-18(27)25-15/h3-5,7-9H,6H2,1-2H3,(H,25,27)(H2,21,23,24,26). The molecule has 0 spiro atoms. The summed E-state index contributed by atoms with van der Waals surface area (Å²) in [6.07, 6.45) is 2.07. The number of aromatic nitrogens is 3. The molecule has 2 aromatic heterocycles. The molecule has 1 aliphatic rings. The third kappa shape index (κ3) is 3.54. The van der Waals surface area contributed by atoms with Gasteiger partial charge in [-0.2, -0.15) is 4.98 Å². The molecule has 1 amide bonds. The summed E-state index contributed by atoms with van der Waals surface area (Å²) in [5.74, 6) is 1.19. The second-order valence-corrected chi connectivity index (χ2v) is 6.65. The van der Waals surface area contributed by atoms with E-state index in [-0.39, 0.29) is 5.91 Å². The number of aryl methyl sites for hydroxylation is 1. The molecule has 136 valence electrons. The number of pyridine rings is 1. The Hall–Kier alpha value is -3.19. The summed E-state index contributed by atoms with van der Waals surface area (Å²) in [6.45, 7) is 1.91. The smallest absolute Gasteiger partial charge is 0.229 e. The van der Waals surface area contributed by atoms with Gasteiger partial charge in [-0.1, -0.05) is 11.6 Å². The number of carbonyl (C=O) groups is 1. The van der Waals surface area contributed by atoms with E-state index >= 15 is 0 Å². The quantitative estimate of drug-likeness (QED) is 0.638. The molecule has 1 aromatic carbocycles. The molecule has 0 bridgehead atoms. The van der Waals surface area contributed by atoms with Gasteiger partial charge >= 0.3 is 0 Å². The van der Waals surface area contributed by atoms with E-state index in [2.05, 4.69) is 30.9 Å². The van der Waals surface area contributed by atoms with E-state index in [1.807, 2.05) is 38.2 Å². The Kier molecular flexibility index (Phi) is 4.37. The molecule has 0 atom stereocenters. The van der Waals surface area contributed by atoms with Crippen molar-refractivity contribution in [2.75, 3.05) is 23.0 Å². The minimum atomic E-state index is -0.0256. The van der Waals surface area contributed by atoms with Crippen LogP contribution in [0.4, 0.5) is 23.1 Å². The van der Waals surface area contributed by atoms with Gasteiger partial charge in [-0.3, -0.25) is 9.78 Å². The topological polar surface area (TPSA) is 91.8 Å². The Morgan fingerprint density at radius 1 is 1.19 bits per heavy atom. The van der Waals surface area contributed by atoms with Gasteiger partial charge in [0.15, 0.2) is 0 Å². The second-order valence-electron chi connectivity index (χ2n) is 6.24. The monoisotopic (exact) mass is 380 g/mol. The third-order valence-electron chi connectivity index (χ3n) is 4.22. The van der Waals surface area contributed by atoms with Crippen LogP contribution in [-0.4, -0.2) is 27.9 Å². The highest BCUT2D eigenvalue weighted by Crippen LogP contribution is 2.33. The zero-order valence-electron chi connectivity index (χ0n) is 14.8. The fourth-order valence-corrected chi connectivity index (χ4v) is 3.15. The van der Waals surface area contributed by atoms with Crippen molar-refractivity contribution in [3.05, 3.63) is 52.8 Å². The lowest BCUT2D eigenvalue weighted by Gasteiger charge is -2.11. The maximum absolute atomic E-state index is 11.6. The minimum Gasteiger partial charge on any atom is -0.373 e. The van der Waals surface area contributed by atoms with Gasteiger partial charge in [-0.25, -0.2) is 4.98 Å². The zero-order valence-corrected chi connectivity index (χ0v) is 15.6. The van der Waals surface area contributed by atoms with Crippen molar-refractivity contribution in [1.29, 1.82) is 0 Å². The van der Waals surface area contributed by atoms with E-state index in [0.29, 0.717) is 23.1 Å². The van der Waals surface area contributed by atoms with E-state index in [1.54, 1.807) is 12.3 Å². The van der Waals surface area contributed by atoms with Crippen LogP contribution in [-0.2, 0) is 11.2 Å². The van der Waals surface area contributed by atoms with E-state index < -0.39 is 0 Å². The van der Waals surface area contributed by atoms with Crippen LogP contribution in [0.25, 0.3) is 11.3 Å². The summed E-state index contributed by atoms with van der Waals surface area (Å²) in [7, 11) is 1.81. The van der Waals surface area contributed by atoms with Crippen LogP contribution >= 0.6 is 11.6 Å². The van der Waals surface area contributed by atoms with Gasteiger partial charge in [-0.05, 0) is 31.2 Å². The molecule has 0 fully saturated rings. The number of nitrogens with zero attached hydrogens (tertiary/aromatic N) is 3. The van der Waals surface area contributed by atoms with Crippen LogP contribution in [0.5, 0.6) is 0 Å². The summed E-state index contributed by atoms with van der Waals surface area (Å²) in [5.41, 5.74) is 4.75. The largest absolute Gasteiger partial charge is 0.373 e. The summed E-state index contributed by atoms with van der Waals surface area (Å²) < 4.78 is 0. The van der Waals surface area contributed by atoms with Crippen LogP contribution < -0.4 is 16.0 Å². The van der Waals surface area contributed by atoms with Gasteiger partial charge in [0.1, 0.15) is 5.82 Å². The maximum atomic E-state index is 11.6. The van der Waals surface area contributed by atoms with Gasteiger partial charge in [0.2, 0.25) is 11.9 Å². The Morgan fingerprint density at radius 3 is 2.85 bits per heavy atom. The van der Waals surface area contributed by atoms with Crippen LogP contribution in [0.1, 0.15) is 11.3 Å². The zero-order chi connectivity index (χ0) is 19.0. The van der Waals surface area contributed by atoms with E-state index in [9.17, 15) is 4.79 Å². The molecule has 3 N–H and O–H groups in total. The van der Waals surface area contributed by atoms with E-state index in [4.69, 9.17) is 11.6 Å². The summed E-state index contributed by atoms with van der Waals surface area (Å²) in [5, 5.41) is 9.61. The van der Waals surface area contributed by atoms with Crippen molar-refractivity contribution in [3.63, 3.8) is 0 Å². The van der Waals surface area contributed by atoms with Crippen molar-refractivity contribution in [2.24, 2.45) is 0 Å². The first-order valence-electron chi connectivity index (χ1n) is 8.41. The van der Waals surface area contributed by atoms with Crippen molar-refractivity contribution in [1.82, 2.24) is 15.0 Å². The molecule has 3 aromatic rings. The molecule has 27 heavy (non-hydrogen) atoms. The lowest BCUT2D eigenvalue weighted by Crippen LogP contribution is -2.03. The number of hydrogen-bond donors (Lipinski definition) is 3. The summed E-state index contributed by atoms with van der Waals surface area (Å²) in [4.78, 5) is 24.8. The van der Waals surface area contributed by atoms with Crippen molar-refractivity contribution in [2.45, 2.75) is 13.3 Å². The molecule has 3 heterocycles. The van der Waals surface area contributed by atoms with E-state index in [0.717, 1.165) is 34.0 Å². The highest BCUT2D eigenvalue weighted by molar-refractivity contribution is 6.33. The molecule has 0 radical (unpaired) electrons. The number of rotatable bonds is 4. The first kappa shape index (κ1) is 17.2. The lowest BCUT2D eigenvalue weighted by molar-refractivity contribution is -0.115. The minimum absolute atomic E-state index is 0.0256. The Labute approximate surface area is 161 Å². The number of nitrogens with one attached hydrogen (secondary N) is 3. The van der Waals surface area contributed by atoms with Gasteiger partial charge in [0.05, 0.1) is 17.1 Å². The lowest BCUT2D eigenvalue weighted by atomic mass is 10.1. The highest BCUT2D eigenvalue weighted by atomic mass is 35.5. The van der Waals surface area contributed by atoms with E-state index in [1.165, 1.54) is 0 Å². The number of benzene rings is 1. The fraction of sp³-hybridized carbons (Fsp3) is 0.158. The SMILES string of the molecule is CNc1cc(C)nc(Nc2ccc(Cl)c(-c3cc4c(cn3)CC(=O)N4)c2)n1. The number of hydrogen-bond acceptors (Lipinski definition) is 6. The maximum Gasteiger partial charge on any atom is 0.229 e. The number of anilines is 4. The van der Waals surface area contributed by atoms with Crippen molar-refractivity contribution < 1.29 is 4.79 Å². The third-order valence-corrected chi connectivity index (χ3v) is 4.55. The molecular weight excluding hydrogens is 364 g/mol. The van der Waals surface area contributed by atoms with Crippen LogP contribution in [0.2, 0.25) is 5.02 Å². The van der Waals surface area contributed by atoms with Gasteiger partial charge in [-0.15, -0.1) is 0 Å². The molecule has 0 saturated carbocycles. The number of halogens is 1. The van der Waals surface area contributed by atoms with Gasteiger partial charge in [0, 0.05) is 47.5 Å². The van der Waals surface area contributed by atoms with Crippen molar-refractivity contribution >= 4 is 40.6 Å². The van der Waals surface area contributed by atoms with Crippen LogP contribution in [0, 0.1) is 6.92 Å². The second kappa shape index (κ2) is 6.85. The number of amides is 1. The molecule has 7 nitrogen and oxygen atoms in total. The van der Waals surface area contributed by atoms with Gasteiger partial charge < -0.3 is 16.0 Å². The predicted octanol–water partition coefficient (Wildman–Crippen LogP) is 3.78. The first-order valence-corrected chi connectivity index (χ1v) is 8.79. The molecule has 0 saturated heterocycles. The number of fused-ring (bicyclic) bond motifs is 1. The molecule has 1 aliphatic heterocycles. The summed E-state index contributed by atoms with van der Waals surface area (Å²) >= 11 is 6.39. The van der Waals surface area contributed by atoms with Crippen LogP contribution in [0.3, 0.4) is 0 Å². The Balaban J connectivity index is 1.67. The Morgan fingerprint density at radius 2 is 2.04 bits per heavy atom. The van der Waals surface area contributed by atoms with Crippen molar-refractivity contribution in [3.8, 4) is 11.3 Å². The molecule has 0 unspecified atom stereocenters. The fourth-order valence-electron chi connectivity index (χ4n) is 2.94. The average Bonchev–Trinajstić information content (AvgIpc) is 3.02. The molecule has 4 rings (SSSR count). The molecular formula is C19H17ClN6O. The van der Waals surface area contributed by atoms with Gasteiger partial charge in [0.25, 0.3) is 0 Å². The first-order chi connectivity index (χ1) is 13.0. The average molecular weight is 381 g/mol. The normalized spacial score (nSPS) is 12.5. The summed E-state index contributed by atoms with van der Waals surface area (Å²) in [6, 6.07) is 9.24. The van der Waals surface area contributed by atoms with Crippen LogP contribution in [0.15, 0.2) is 36.5 Å². The number of carbonyl (C=O) groups excluding carboxylic acids is 1. The highest BCUT2D eigenvalue weighted by Gasteiger charge is 2.19. The Bertz CT molecular complexity index is 1050. The molecule has 0 aliphatic carbocycles. The molecule has 8 heteroatoms. The predicted molar refractivity (Wildman–Crippen MR) is 107 cm³/mol.